The quantitative estimate of drug-likeness (QED) is 0.0825. The maximum Gasteiger partial charge on any atom is 0.408 e. The summed E-state index contributed by atoms with van der Waals surface area (Å²) < 4.78 is 117. The monoisotopic (exact) mass is 957 g/mol. The maximum atomic E-state index is 15.7. The average molecular weight is 958 g/mol. The van der Waals surface area contributed by atoms with Crippen LogP contribution in [0, 0.1) is 23.5 Å². The van der Waals surface area contributed by atoms with E-state index in [0.717, 1.165) is 35.3 Å². The highest BCUT2D eigenvalue weighted by Gasteiger charge is 2.43. The zero-order valence-corrected chi connectivity index (χ0v) is 38.9. The molecule has 0 radical (unpaired) electrons. The molecule has 2 aromatic carbocycles. The number of thioether (sulfide) groups is 1. The van der Waals surface area contributed by atoms with Gasteiger partial charge in [-0.3, -0.25) is 19.3 Å². The van der Waals surface area contributed by atoms with Crippen molar-refractivity contribution in [2.75, 3.05) is 23.4 Å². The SMILES string of the molecule is CC.CSN(C(C)=O)c1nn(CC(F)(F)F)c2c(-c3ccc(C#CC(C)(C)SC)nc3C(Cc3cc(F)cc(F)c3)NC(=O)CN=C3/C(=C(\N)C(C)(F)F)CCC3(C)F)ccc(Cl)c12. The van der Waals surface area contributed by atoms with Gasteiger partial charge in [-0.1, -0.05) is 37.4 Å². The second-order valence-corrected chi connectivity index (χ2v) is 17.8. The molecule has 0 bridgehead atoms. The number of pyridine rings is 1. The van der Waals surface area contributed by atoms with Crippen LogP contribution >= 0.6 is 35.3 Å². The van der Waals surface area contributed by atoms with Crippen LogP contribution < -0.4 is 15.4 Å². The van der Waals surface area contributed by atoms with Gasteiger partial charge >= 0.3 is 6.18 Å². The Balaban J connectivity index is 0.00000442. The number of hydrogen-bond donors (Lipinski definition) is 2. The van der Waals surface area contributed by atoms with Gasteiger partial charge in [0.2, 0.25) is 11.8 Å². The summed E-state index contributed by atoms with van der Waals surface area (Å²) >= 11 is 8.99. The summed E-state index contributed by atoms with van der Waals surface area (Å²) in [6.45, 7) is 8.14. The maximum absolute atomic E-state index is 15.7. The fraction of sp³-hybridized carbons (Fsp3) is 0.432. The van der Waals surface area contributed by atoms with Crippen LogP contribution in [-0.2, 0) is 22.6 Å². The lowest BCUT2D eigenvalue weighted by atomic mass is 9.93. The topological polar surface area (TPSA) is 118 Å². The number of carbonyl (C=O) groups is 2. The molecule has 2 atom stereocenters. The van der Waals surface area contributed by atoms with Crippen molar-refractivity contribution in [3.8, 4) is 23.0 Å². The van der Waals surface area contributed by atoms with Crippen LogP contribution in [0.5, 0.6) is 0 Å². The number of amides is 2. The van der Waals surface area contributed by atoms with Crippen molar-refractivity contribution in [1.82, 2.24) is 20.1 Å². The van der Waals surface area contributed by atoms with Crippen LogP contribution in [0.2, 0.25) is 5.02 Å². The Hall–Kier alpha value is -4.80. The molecule has 346 valence electrons. The van der Waals surface area contributed by atoms with Crippen molar-refractivity contribution in [1.29, 1.82) is 0 Å². The molecule has 2 heterocycles. The molecule has 20 heteroatoms. The van der Waals surface area contributed by atoms with E-state index in [4.69, 9.17) is 22.3 Å². The second kappa shape index (κ2) is 20.6. The van der Waals surface area contributed by atoms with Crippen molar-refractivity contribution in [3.63, 3.8) is 0 Å². The largest absolute Gasteiger partial charge is 0.408 e. The first kappa shape index (κ1) is 51.8. The van der Waals surface area contributed by atoms with E-state index in [1.807, 2.05) is 34.0 Å². The number of nitrogens with two attached hydrogens (primary N) is 1. The third-order valence-corrected chi connectivity index (χ3v) is 12.1. The summed E-state index contributed by atoms with van der Waals surface area (Å²) in [6.07, 6.45) is -2.23. The van der Waals surface area contributed by atoms with Gasteiger partial charge in [0, 0.05) is 42.9 Å². The second-order valence-electron chi connectivity index (χ2n) is 15.2. The molecule has 5 rings (SSSR count). The third kappa shape index (κ3) is 12.5. The minimum atomic E-state index is -4.82. The Bertz CT molecular complexity index is 2500. The zero-order chi connectivity index (χ0) is 48.1. The number of nitrogens with zero attached hydrogens (tertiary/aromatic N) is 5. The number of hydrogen-bond acceptors (Lipinski definition) is 8. The van der Waals surface area contributed by atoms with Gasteiger partial charge in [0.25, 0.3) is 5.92 Å². The van der Waals surface area contributed by atoms with E-state index in [2.05, 4.69) is 27.2 Å². The molecular formula is C44H48ClF8N7O2S2. The lowest BCUT2D eigenvalue weighted by Crippen LogP contribution is -2.34. The number of halogens is 9. The molecule has 1 aliphatic rings. The summed E-state index contributed by atoms with van der Waals surface area (Å²) in [5.41, 5.74) is 2.02. The van der Waals surface area contributed by atoms with E-state index in [1.165, 1.54) is 49.2 Å². The molecule has 1 aliphatic carbocycles. The van der Waals surface area contributed by atoms with Gasteiger partial charge in [-0.25, -0.2) is 31.2 Å². The Morgan fingerprint density at radius 1 is 1.05 bits per heavy atom. The fourth-order valence-corrected chi connectivity index (χ4v) is 7.79. The zero-order valence-electron chi connectivity index (χ0n) is 36.5. The molecule has 2 amide bonds. The molecule has 1 saturated carbocycles. The van der Waals surface area contributed by atoms with Gasteiger partial charge in [0.15, 0.2) is 5.82 Å². The average Bonchev–Trinajstić information content (AvgIpc) is 3.71. The van der Waals surface area contributed by atoms with Crippen LogP contribution in [0.4, 0.5) is 40.9 Å². The fourth-order valence-electron chi connectivity index (χ4n) is 6.84. The third-order valence-electron chi connectivity index (χ3n) is 9.86. The number of allylic oxidation sites excluding steroid dienone is 2. The summed E-state index contributed by atoms with van der Waals surface area (Å²) in [5.74, 6) is -1.03. The van der Waals surface area contributed by atoms with E-state index in [9.17, 15) is 40.3 Å². The summed E-state index contributed by atoms with van der Waals surface area (Å²) in [6, 6.07) is 7.06. The number of carbonyl (C=O) groups excluding carboxylic acids is 2. The highest BCUT2D eigenvalue weighted by atomic mass is 35.5. The van der Waals surface area contributed by atoms with Gasteiger partial charge < -0.3 is 11.1 Å². The van der Waals surface area contributed by atoms with E-state index in [-0.39, 0.29) is 74.7 Å². The summed E-state index contributed by atoms with van der Waals surface area (Å²) in [7, 11) is 0. The van der Waals surface area contributed by atoms with Gasteiger partial charge in [-0.05, 0) is 100 Å². The molecule has 3 N–H and O–H groups in total. The minimum absolute atomic E-state index is 0.0184. The number of rotatable bonds is 12. The van der Waals surface area contributed by atoms with Crippen LogP contribution in [0.3, 0.4) is 0 Å². The molecule has 1 fully saturated rings. The van der Waals surface area contributed by atoms with Crippen molar-refractivity contribution in [2.24, 2.45) is 10.7 Å². The number of aliphatic imine (C=N–C) groups is 1. The lowest BCUT2D eigenvalue weighted by molar-refractivity contribution is -0.141. The molecule has 0 saturated heterocycles. The first-order valence-electron chi connectivity index (χ1n) is 19.8. The molecule has 2 unspecified atom stereocenters. The predicted octanol–water partition coefficient (Wildman–Crippen LogP) is 11.0. The summed E-state index contributed by atoms with van der Waals surface area (Å²) in [4.78, 5) is 35.5. The molecule has 4 aromatic rings. The Morgan fingerprint density at radius 3 is 2.23 bits per heavy atom. The standard InChI is InChI=1S/C42H42ClF8N7O2S2.C2H6/c1-22(59)58(62-7)38-33-30(43)11-10-28(35(33)57(56-38)21-42(49,50)51)27-9-8-26(12-14-39(2,3)61-6)54-34(27)31(18-23-16-24(44)19-25(45)17-23)55-32(60)20-53-37-29(13-15-40(37,4)46)36(52)41(5,47)48;1-2/h8-11,16-17,19,31H,13,15,18,20-21,52H2,1-7H3,(H,55,60);1-2H3/b36-29-,53-37?;. The number of benzene rings is 2. The van der Waals surface area contributed by atoms with Crippen molar-refractivity contribution < 1.29 is 44.7 Å². The van der Waals surface area contributed by atoms with E-state index in [0.29, 0.717) is 17.7 Å². The highest BCUT2D eigenvalue weighted by molar-refractivity contribution is 8.00. The van der Waals surface area contributed by atoms with Gasteiger partial charge in [-0.2, -0.15) is 18.3 Å². The van der Waals surface area contributed by atoms with Crippen molar-refractivity contribution >= 4 is 69.6 Å². The number of anilines is 1. The number of fused-ring (bicyclic) bond motifs is 1. The van der Waals surface area contributed by atoms with Gasteiger partial charge in [-0.15, -0.1) is 11.8 Å². The molecule has 0 aliphatic heterocycles. The Kier molecular flexibility index (Phi) is 16.7. The number of alkyl halides is 6. The van der Waals surface area contributed by atoms with Crippen LogP contribution in [0.25, 0.3) is 22.0 Å². The number of aromatic nitrogens is 3. The van der Waals surface area contributed by atoms with E-state index < -0.39 is 76.5 Å². The van der Waals surface area contributed by atoms with Gasteiger partial charge in [0.1, 0.15) is 36.1 Å². The van der Waals surface area contributed by atoms with E-state index >= 15 is 4.39 Å². The number of nitrogens with one attached hydrogen (secondary N) is 1. The van der Waals surface area contributed by atoms with E-state index in [1.54, 1.807) is 0 Å². The molecule has 64 heavy (non-hydrogen) atoms. The van der Waals surface area contributed by atoms with Crippen LogP contribution in [0.1, 0.15) is 84.3 Å². The van der Waals surface area contributed by atoms with Crippen molar-refractivity contribution in [3.05, 3.63) is 87.3 Å². The predicted molar refractivity (Wildman–Crippen MR) is 240 cm³/mol. The smallest absolute Gasteiger partial charge is 0.397 e. The molecular weight excluding hydrogens is 910 g/mol. The minimum Gasteiger partial charge on any atom is -0.397 e. The summed E-state index contributed by atoms with van der Waals surface area (Å²) in [5, 5.41) is 6.85. The molecule has 9 nitrogen and oxygen atoms in total. The Morgan fingerprint density at radius 2 is 1.67 bits per heavy atom. The van der Waals surface area contributed by atoms with Crippen LogP contribution in [0.15, 0.2) is 58.7 Å². The highest BCUT2D eigenvalue weighted by Crippen LogP contribution is 2.43. The Labute approximate surface area is 380 Å². The van der Waals surface area contributed by atoms with Gasteiger partial charge in [0.05, 0.1) is 43.8 Å². The normalized spacial score (nSPS) is 17.4. The van der Waals surface area contributed by atoms with Crippen molar-refractivity contribution in [2.45, 2.75) is 103 Å². The molecule has 0 spiro atoms. The lowest BCUT2D eigenvalue weighted by Gasteiger charge is -2.23. The first-order valence-corrected chi connectivity index (χ1v) is 22.6. The molecule has 2 aromatic heterocycles. The first-order chi connectivity index (χ1) is 29.7. The van der Waals surface area contributed by atoms with Crippen LogP contribution in [-0.4, -0.2) is 73.9 Å².